The predicted octanol–water partition coefficient (Wildman–Crippen LogP) is 2.91. The van der Waals surface area contributed by atoms with E-state index >= 15 is 0 Å². The molecule has 0 saturated carbocycles. The van der Waals surface area contributed by atoms with Crippen molar-refractivity contribution in [3.8, 4) is 5.95 Å². The average molecular weight is 413 g/mol. The number of benzene rings is 2. The third-order valence-corrected chi connectivity index (χ3v) is 5.58. The number of aromatic nitrogens is 4. The number of carbonyl (C=O) groups is 1. The Kier molecular flexibility index (Phi) is 4.74. The zero-order valence-corrected chi connectivity index (χ0v) is 17.2. The van der Waals surface area contributed by atoms with E-state index in [9.17, 15) is 4.79 Å². The van der Waals surface area contributed by atoms with E-state index in [1.807, 2.05) is 47.4 Å². The molecule has 2 aromatic carbocycles. The zero-order valence-electron chi connectivity index (χ0n) is 17.2. The van der Waals surface area contributed by atoms with Crippen molar-refractivity contribution in [3.05, 3.63) is 71.4 Å². The van der Waals surface area contributed by atoms with Crippen molar-refractivity contribution >= 4 is 28.7 Å². The largest absolute Gasteiger partial charge is 0.369 e. The quantitative estimate of drug-likeness (QED) is 0.533. The summed E-state index contributed by atoms with van der Waals surface area (Å²) in [6, 6.07) is 17.9. The van der Waals surface area contributed by atoms with Crippen LogP contribution in [0.3, 0.4) is 0 Å². The molecule has 8 heteroatoms. The Morgan fingerprint density at radius 1 is 1.06 bits per heavy atom. The summed E-state index contributed by atoms with van der Waals surface area (Å²) < 4.78 is 1.78. The van der Waals surface area contributed by atoms with Crippen molar-refractivity contribution in [2.24, 2.45) is 0 Å². The highest BCUT2D eigenvalue weighted by Gasteiger charge is 2.25. The van der Waals surface area contributed by atoms with Crippen molar-refractivity contribution < 1.29 is 4.79 Å². The predicted molar refractivity (Wildman–Crippen MR) is 120 cm³/mol. The summed E-state index contributed by atoms with van der Waals surface area (Å²) in [5.41, 5.74) is 10.9. The fraction of sp³-hybridized carbons (Fsp3) is 0.217. The Labute approximate surface area is 179 Å². The van der Waals surface area contributed by atoms with Crippen molar-refractivity contribution in [3.63, 3.8) is 0 Å². The number of nitrogens with one attached hydrogen (secondary N) is 1. The first-order valence-corrected chi connectivity index (χ1v) is 10.3. The first-order chi connectivity index (χ1) is 15.1. The number of nitrogens with zero attached hydrogens (tertiary/aromatic N) is 5. The van der Waals surface area contributed by atoms with Gasteiger partial charge in [0.15, 0.2) is 0 Å². The number of amides is 1. The van der Waals surface area contributed by atoms with E-state index in [2.05, 4.69) is 22.4 Å². The van der Waals surface area contributed by atoms with Gasteiger partial charge in [0.25, 0.3) is 0 Å². The normalized spacial score (nSPS) is 13.3. The molecular formula is C23H23N7O. The molecule has 0 unspecified atom stereocenters. The number of hydrogen-bond acceptors (Lipinski definition) is 6. The third kappa shape index (κ3) is 3.56. The van der Waals surface area contributed by atoms with Crippen molar-refractivity contribution in [1.82, 2.24) is 24.4 Å². The third-order valence-electron chi connectivity index (χ3n) is 5.58. The maximum atomic E-state index is 12.0. The number of para-hydroxylation sites is 2. The SMILES string of the molecule is CC(=O)N1CCc2nc(-n3c(N)nc4ccccc43)nc(NCc3ccccc3)c2C1. The molecule has 1 aliphatic heterocycles. The minimum absolute atomic E-state index is 0.0496. The fourth-order valence-electron chi connectivity index (χ4n) is 3.95. The molecule has 1 amide bonds. The van der Waals surface area contributed by atoms with Crippen LogP contribution in [0.1, 0.15) is 23.7 Å². The number of nitrogen functional groups attached to an aromatic ring is 1. The number of carbonyl (C=O) groups excluding carboxylic acids is 1. The lowest BCUT2D eigenvalue weighted by Gasteiger charge is -2.29. The lowest BCUT2D eigenvalue weighted by molar-refractivity contribution is -0.129. The number of imidazole rings is 1. The van der Waals surface area contributed by atoms with Crippen molar-refractivity contribution in [1.29, 1.82) is 0 Å². The molecule has 0 bridgehead atoms. The summed E-state index contributed by atoms with van der Waals surface area (Å²) in [5, 5.41) is 3.45. The fourth-order valence-corrected chi connectivity index (χ4v) is 3.95. The topological polar surface area (TPSA) is 102 Å². The second kappa shape index (κ2) is 7.71. The molecule has 0 spiro atoms. The van der Waals surface area contributed by atoms with Crippen LogP contribution in [0.2, 0.25) is 0 Å². The summed E-state index contributed by atoms with van der Waals surface area (Å²) in [7, 11) is 0. The number of nitrogens with two attached hydrogens (primary N) is 1. The summed E-state index contributed by atoms with van der Waals surface area (Å²) >= 11 is 0. The molecule has 156 valence electrons. The summed E-state index contributed by atoms with van der Waals surface area (Å²) in [4.78, 5) is 27.9. The van der Waals surface area contributed by atoms with Crippen LogP contribution in [-0.4, -0.2) is 36.9 Å². The van der Waals surface area contributed by atoms with Gasteiger partial charge in [0.2, 0.25) is 17.8 Å². The van der Waals surface area contributed by atoms with Gasteiger partial charge in [0.1, 0.15) is 5.82 Å². The second-order valence-electron chi connectivity index (χ2n) is 7.62. The van der Waals surface area contributed by atoms with Gasteiger partial charge in [-0.2, -0.15) is 4.98 Å². The number of anilines is 2. The van der Waals surface area contributed by atoms with Crippen molar-refractivity contribution in [2.75, 3.05) is 17.6 Å². The molecule has 8 nitrogen and oxygen atoms in total. The molecule has 3 heterocycles. The smallest absolute Gasteiger partial charge is 0.239 e. The van der Waals surface area contributed by atoms with E-state index in [1.165, 1.54) is 0 Å². The summed E-state index contributed by atoms with van der Waals surface area (Å²) in [6.45, 7) is 3.33. The van der Waals surface area contributed by atoms with E-state index in [0.717, 1.165) is 27.9 Å². The first-order valence-electron chi connectivity index (χ1n) is 10.3. The van der Waals surface area contributed by atoms with Crippen LogP contribution in [0.5, 0.6) is 0 Å². The van der Waals surface area contributed by atoms with Crippen LogP contribution in [0.25, 0.3) is 17.0 Å². The molecule has 1 aliphatic rings. The van der Waals surface area contributed by atoms with Gasteiger partial charge in [-0.25, -0.2) is 14.5 Å². The molecule has 0 saturated heterocycles. The van der Waals surface area contributed by atoms with Crippen LogP contribution in [-0.2, 0) is 24.3 Å². The molecule has 0 aliphatic carbocycles. The van der Waals surface area contributed by atoms with Gasteiger partial charge >= 0.3 is 0 Å². The minimum atomic E-state index is 0.0496. The lowest BCUT2D eigenvalue weighted by Crippen LogP contribution is -2.35. The van der Waals surface area contributed by atoms with Crippen LogP contribution >= 0.6 is 0 Å². The first kappa shape index (κ1) is 19.0. The second-order valence-corrected chi connectivity index (χ2v) is 7.62. The Balaban J connectivity index is 1.60. The highest BCUT2D eigenvalue weighted by Crippen LogP contribution is 2.28. The van der Waals surface area contributed by atoms with E-state index in [-0.39, 0.29) is 5.91 Å². The van der Waals surface area contributed by atoms with E-state index < -0.39 is 0 Å². The standard InChI is InChI=1S/C23H23N7O/c1-15(31)29-12-11-18-17(14-29)21(25-13-16-7-3-2-4-8-16)28-23(27-18)30-20-10-6-5-9-19(20)26-22(30)24/h2-10H,11-14H2,1H3,(H2,24,26)(H,25,27,28). The van der Waals surface area contributed by atoms with E-state index in [1.54, 1.807) is 11.5 Å². The molecule has 0 atom stereocenters. The Hall–Kier alpha value is -3.94. The number of rotatable bonds is 4. The van der Waals surface area contributed by atoms with Gasteiger partial charge in [0.05, 0.1) is 23.3 Å². The van der Waals surface area contributed by atoms with Gasteiger partial charge < -0.3 is 16.0 Å². The van der Waals surface area contributed by atoms with E-state index in [0.29, 0.717) is 43.8 Å². The highest BCUT2D eigenvalue weighted by molar-refractivity contribution is 5.80. The van der Waals surface area contributed by atoms with Gasteiger partial charge in [-0.05, 0) is 17.7 Å². The molecule has 5 rings (SSSR count). The summed E-state index contributed by atoms with van der Waals surface area (Å²) in [6.07, 6.45) is 0.664. The maximum absolute atomic E-state index is 12.0. The van der Waals surface area contributed by atoms with Crippen LogP contribution < -0.4 is 11.1 Å². The van der Waals surface area contributed by atoms with Gasteiger partial charge in [0, 0.05) is 32.0 Å². The van der Waals surface area contributed by atoms with E-state index in [4.69, 9.17) is 15.7 Å². The molecule has 0 fully saturated rings. The minimum Gasteiger partial charge on any atom is -0.369 e. The average Bonchev–Trinajstić information content (AvgIpc) is 3.13. The lowest BCUT2D eigenvalue weighted by atomic mass is 10.1. The molecule has 0 radical (unpaired) electrons. The molecule has 3 N–H and O–H groups in total. The Morgan fingerprint density at radius 2 is 1.84 bits per heavy atom. The zero-order chi connectivity index (χ0) is 21.4. The molecule has 2 aromatic heterocycles. The molecule has 31 heavy (non-hydrogen) atoms. The molecule has 4 aromatic rings. The number of hydrogen-bond donors (Lipinski definition) is 2. The summed E-state index contributed by atoms with van der Waals surface area (Å²) in [5.74, 6) is 1.59. The van der Waals surface area contributed by atoms with Gasteiger partial charge in [-0.1, -0.05) is 42.5 Å². The Bertz CT molecular complexity index is 1270. The van der Waals surface area contributed by atoms with Gasteiger partial charge in [-0.15, -0.1) is 0 Å². The highest BCUT2D eigenvalue weighted by atomic mass is 16.2. The van der Waals surface area contributed by atoms with Crippen LogP contribution in [0.15, 0.2) is 54.6 Å². The maximum Gasteiger partial charge on any atom is 0.239 e. The van der Waals surface area contributed by atoms with Crippen LogP contribution in [0, 0.1) is 0 Å². The number of fused-ring (bicyclic) bond motifs is 2. The van der Waals surface area contributed by atoms with Crippen molar-refractivity contribution in [2.45, 2.75) is 26.4 Å². The molecular weight excluding hydrogens is 390 g/mol. The monoisotopic (exact) mass is 413 g/mol. The Morgan fingerprint density at radius 3 is 2.65 bits per heavy atom. The van der Waals surface area contributed by atoms with Crippen LogP contribution in [0.4, 0.5) is 11.8 Å². The van der Waals surface area contributed by atoms with Gasteiger partial charge in [-0.3, -0.25) is 4.79 Å².